The number of rotatable bonds is 4. The Bertz CT molecular complexity index is 141. The van der Waals surface area contributed by atoms with E-state index in [0.717, 1.165) is 18.9 Å². The van der Waals surface area contributed by atoms with Gasteiger partial charge in [0.2, 0.25) is 0 Å². The summed E-state index contributed by atoms with van der Waals surface area (Å²) in [6.45, 7) is 2.31. The van der Waals surface area contributed by atoms with E-state index in [1.54, 1.807) is 0 Å². The number of hydrogen-bond donors (Lipinski definition) is 0. The first-order valence-corrected chi connectivity index (χ1v) is 4.45. The molecule has 62 valence electrons. The van der Waals surface area contributed by atoms with E-state index in [-0.39, 0.29) is 0 Å². The standard InChI is InChI=1S/C10H17N/c1-3-4-8-11(2)9-10-6-5-7-10/h1,10H,4-9H2,2H3. The first-order valence-electron chi connectivity index (χ1n) is 4.45. The summed E-state index contributed by atoms with van der Waals surface area (Å²) in [5.74, 6) is 3.64. The van der Waals surface area contributed by atoms with Crippen LogP contribution in [0.5, 0.6) is 0 Å². The van der Waals surface area contributed by atoms with Gasteiger partial charge >= 0.3 is 0 Å². The highest BCUT2D eigenvalue weighted by molar-refractivity contribution is 4.84. The van der Waals surface area contributed by atoms with Crippen LogP contribution in [0.15, 0.2) is 0 Å². The first kappa shape index (κ1) is 8.62. The predicted molar refractivity (Wildman–Crippen MR) is 48.3 cm³/mol. The first-order chi connectivity index (χ1) is 5.33. The van der Waals surface area contributed by atoms with Gasteiger partial charge in [-0.05, 0) is 25.8 Å². The van der Waals surface area contributed by atoms with Gasteiger partial charge in [0.1, 0.15) is 0 Å². The Morgan fingerprint density at radius 1 is 1.55 bits per heavy atom. The van der Waals surface area contributed by atoms with Gasteiger partial charge < -0.3 is 4.90 Å². The lowest BCUT2D eigenvalue weighted by atomic mass is 9.85. The zero-order chi connectivity index (χ0) is 8.10. The van der Waals surface area contributed by atoms with Gasteiger partial charge in [0.15, 0.2) is 0 Å². The van der Waals surface area contributed by atoms with Crippen LogP contribution in [0, 0.1) is 18.3 Å². The van der Waals surface area contributed by atoms with Crippen LogP contribution in [-0.4, -0.2) is 25.0 Å². The molecule has 0 N–H and O–H groups in total. The third-order valence-electron chi connectivity index (χ3n) is 2.43. The van der Waals surface area contributed by atoms with E-state index in [4.69, 9.17) is 6.42 Å². The maximum absolute atomic E-state index is 5.18. The number of hydrogen-bond acceptors (Lipinski definition) is 1. The van der Waals surface area contributed by atoms with E-state index in [2.05, 4.69) is 17.9 Å². The molecule has 0 aliphatic heterocycles. The SMILES string of the molecule is C#CCCN(C)CC1CCC1. The van der Waals surface area contributed by atoms with Crippen molar-refractivity contribution in [2.24, 2.45) is 5.92 Å². The van der Waals surface area contributed by atoms with Gasteiger partial charge in [0.25, 0.3) is 0 Å². The molecule has 11 heavy (non-hydrogen) atoms. The average Bonchev–Trinajstić information content (AvgIpc) is 1.93. The second kappa shape index (κ2) is 4.41. The van der Waals surface area contributed by atoms with Gasteiger partial charge in [-0.2, -0.15) is 0 Å². The Morgan fingerprint density at radius 2 is 2.27 bits per heavy atom. The van der Waals surface area contributed by atoms with Crippen LogP contribution in [-0.2, 0) is 0 Å². The molecule has 0 radical (unpaired) electrons. The quantitative estimate of drug-likeness (QED) is 0.553. The summed E-state index contributed by atoms with van der Waals surface area (Å²) in [6.07, 6.45) is 10.4. The molecular formula is C10H17N. The smallest absolute Gasteiger partial charge is 0.0214 e. The Balaban J connectivity index is 2.01. The topological polar surface area (TPSA) is 3.24 Å². The summed E-state index contributed by atoms with van der Waals surface area (Å²) in [5, 5.41) is 0. The highest BCUT2D eigenvalue weighted by Crippen LogP contribution is 2.26. The molecule has 1 fully saturated rings. The molecule has 0 saturated heterocycles. The van der Waals surface area contributed by atoms with Crippen molar-refractivity contribution in [2.75, 3.05) is 20.1 Å². The van der Waals surface area contributed by atoms with E-state index in [1.807, 2.05) is 0 Å². The maximum Gasteiger partial charge on any atom is 0.0214 e. The van der Waals surface area contributed by atoms with Gasteiger partial charge in [-0.25, -0.2) is 0 Å². The zero-order valence-electron chi connectivity index (χ0n) is 7.34. The van der Waals surface area contributed by atoms with Crippen molar-refractivity contribution in [1.29, 1.82) is 0 Å². The lowest BCUT2D eigenvalue weighted by Gasteiger charge is -2.29. The van der Waals surface area contributed by atoms with E-state index < -0.39 is 0 Å². The van der Waals surface area contributed by atoms with Crippen LogP contribution in [0.1, 0.15) is 25.7 Å². The van der Waals surface area contributed by atoms with Crippen molar-refractivity contribution in [3.63, 3.8) is 0 Å². The van der Waals surface area contributed by atoms with Gasteiger partial charge in [0, 0.05) is 19.5 Å². The molecule has 1 saturated carbocycles. The van der Waals surface area contributed by atoms with Crippen molar-refractivity contribution in [3.8, 4) is 12.3 Å². The van der Waals surface area contributed by atoms with Gasteiger partial charge in [0.05, 0.1) is 0 Å². The summed E-state index contributed by atoms with van der Waals surface area (Å²) in [7, 11) is 2.16. The molecular weight excluding hydrogens is 134 g/mol. The van der Waals surface area contributed by atoms with Crippen LogP contribution < -0.4 is 0 Å². The molecule has 0 unspecified atom stereocenters. The normalized spacial score (nSPS) is 17.9. The molecule has 1 aliphatic rings. The fourth-order valence-corrected chi connectivity index (χ4v) is 1.46. The molecule has 0 aromatic heterocycles. The molecule has 0 amide bonds. The van der Waals surface area contributed by atoms with Crippen molar-refractivity contribution in [2.45, 2.75) is 25.7 Å². The summed E-state index contributed by atoms with van der Waals surface area (Å²) >= 11 is 0. The third kappa shape index (κ3) is 2.95. The van der Waals surface area contributed by atoms with Crippen molar-refractivity contribution < 1.29 is 0 Å². The average molecular weight is 151 g/mol. The monoisotopic (exact) mass is 151 g/mol. The minimum Gasteiger partial charge on any atom is -0.305 e. The minimum absolute atomic E-state index is 0.892. The second-order valence-corrected chi connectivity index (χ2v) is 3.51. The van der Waals surface area contributed by atoms with Crippen LogP contribution in [0.2, 0.25) is 0 Å². The highest BCUT2D eigenvalue weighted by atomic mass is 15.1. The molecule has 1 heteroatoms. The molecule has 1 aliphatic carbocycles. The van der Waals surface area contributed by atoms with Crippen LogP contribution in [0.25, 0.3) is 0 Å². The fraction of sp³-hybridized carbons (Fsp3) is 0.800. The van der Waals surface area contributed by atoms with Gasteiger partial charge in [-0.15, -0.1) is 12.3 Å². The molecule has 0 bridgehead atoms. The van der Waals surface area contributed by atoms with E-state index in [0.29, 0.717) is 0 Å². The van der Waals surface area contributed by atoms with Crippen LogP contribution in [0.4, 0.5) is 0 Å². The Kier molecular flexibility index (Phi) is 3.45. The number of terminal acetylenes is 1. The predicted octanol–water partition coefficient (Wildman–Crippen LogP) is 1.74. The Morgan fingerprint density at radius 3 is 2.73 bits per heavy atom. The maximum atomic E-state index is 5.18. The molecule has 1 nitrogen and oxygen atoms in total. The molecule has 0 aromatic carbocycles. The van der Waals surface area contributed by atoms with E-state index in [9.17, 15) is 0 Å². The fourth-order valence-electron chi connectivity index (χ4n) is 1.46. The Hall–Kier alpha value is -0.480. The summed E-state index contributed by atoms with van der Waals surface area (Å²) in [5.41, 5.74) is 0. The van der Waals surface area contributed by atoms with Crippen molar-refractivity contribution in [1.82, 2.24) is 4.90 Å². The minimum atomic E-state index is 0.892. The highest BCUT2D eigenvalue weighted by Gasteiger charge is 2.18. The summed E-state index contributed by atoms with van der Waals surface area (Å²) in [6, 6.07) is 0. The molecule has 0 spiro atoms. The van der Waals surface area contributed by atoms with Crippen LogP contribution >= 0.6 is 0 Å². The third-order valence-corrected chi connectivity index (χ3v) is 2.43. The lowest BCUT2D eigenvalue weighted by Crippen LogP contribution is -2.29. The molecule has 0 atom stereocenters. The lowest BCUT2D eigenvalue weighted by molar-refractivity contribution is 0.208. The van der Waals surface area contributed by atoms with E-state index >= 15 is 0 Å². The van der Waals surface area contributed by atoms with Crippen molar-refractivity contribution >= 4 is 0 Å². The molecule has 0 heterocycles. The summed E-state index contributed by atoms with van der Waals surface area (Å²) < 4.78 is 0. The van der Waals surface area contributed by atoms with Crippen molar-refractivity contribution in [3.05, 3.63) is 0 Å². The Labute approximate surface area is 69.8 Å². The zero-order valence-corrected chi connectivity index (χ0v) is 7.34. The van der Waals surface area contributed by atoms with Gasteiger partial charge in [-0.3, -0.25) is 0 Å². The van der Waals surface area contributed by atoms with E-state index in [1.165, 1.54) is 25.8 Å². The molecule has 1 rings (SSSR count). The number of nitrogens with zero attached hydrogens (tertiary/aromatic N) is 1. The van der Waals surface area contributed by atoms with Gasteiger partial charge in [-0.1, -0.05) is 6.42 Å². The molecule has 0 aromatic rings. The second-order valence-electron chi connectivity index (χ2n) is 3.51. The van der Waals surface area contributed by atoms with Crippen LogP contribution in [0.3, 0.4) is 0 Å². The summed E-state index contributed by atoms with van der Waals surface area (Å²) in [4.78, 5) is 2.35. The largest absolute Gasteiger partial charge is 0.305 e.